The van der Waals surface area contributed by atoms with E-state index < -0.39 is 17.7 Å². The number of Topliss-reactive ketones (excluding diaryl/α,β-unsaturated/α-hetero) is 1. The first kappa shape index (κ1) is 17.7. The molecule has 0 unspecified atom stereocenters. The summed E-state index contributed by atoms with van der Waals surface area (Å²) in [6.45, 7) is 2.46. The van der Waals surface area contributed by atoms with E-state index in [9.17, 15) is 14.9 Å². The average Bonchev–Trinajstić information content (AvgIpc) is 2.67. The van der Waals surface area contributed by atoms with Gasteiger partial charge in [0.1, 0.15) is 5.75 Å². The van der Waals surface area contributed by atoms with Gasteiger partial charge in [0.05, 0.1) is 18.6 Å². The van der Waals surface area contributed by atoms with Crippen LogP contribution in [0.15, 0.2) is 48.5 Å². The molecule has 2 atom stereocenters. The number of nitrogens with one attached hydrogen (secondary N) is 1. The molecule has 26 heavy (non-hydrogen) atoms. The molecule has 1 N–H and O–H groups in total. The summed E-state index contributed by atoms with van der Waals surface area (Å²) in [5.74, 6) is -1.99. The van der Waals surface area contributed by atoms with Gasteiger partial charge in [0.2, 0.25) is 5.91 Å². The summed E-state index contributed by atoms with van der Waals surface area (Å²) in [5.41, 5.74) is 2.97. The number of amides is 1. The Balaban J connectivity index is 1.62. The van der Waals surface area contributed by atoms with Crippen LogP contribution < -0.4 is 10.1 Å². The zero-order valence-corrected chi connectivity index (χ0v) is 14.6. The normalized spacial score (nSPS) is 16.5. The topological polar surface area (TPSA) is 79.2 Å². The summed E-state index contributed by atoms with van der Waals surface area (Å²) < 4.78 is 5.61. The number of benzene rings is 2. The number of rotatable bonds is 5. The van der Waals surface area contributed by atoms with Crippen molar-refractivity contribution in [2.75, 3.05) is 6.61 Å². The molecule has 0 radical (unpaired) electrons. The van der Waals surface area contributed by atoms with E-state index in [0.29, 0.717) is 6.42 Å². The zero-order valence-electron chi connectivity index (χ0n) is 14.6. The maximum atomic E-state index is 12.7. The predicted molar refractivity (Wildman–Crippen MR) is 96.3 cm³/mol. The standard InChI is InChI=1S/C21H20N2O3/c1-14-6-8-15(9-7-14)12-23-21(25)18(11-22)20(24)17-10-16-4-2-3-5-19(16)26-13-17/h2-9,17-18H,10,12-13H2,1H3,(H,23,25)/t17-,18-/m1/s1. The maximum Gasteiger partial charge on any atom is 0.245 e. The van der Waals surface area contributed by atoms with E-state index >= 15 is 0 Å². The van der Waals surface area contributed by atoms with Crippen molar-refractivity contribution in [3.63, 3.8) is 0 Å². The molecule has 0 aromatic heterocycles. The van der Waals surface area contributed by atoms with Gasteiger partial charge in [-0.1, -0.05) is 48.0 Å². The summed E-state index contributed by atoms with van der Waals surface area (Å²) >= 11 is 0. The fraction of sp³-hybridized carbons (Fsp3) is 0.286. The Morgan fingerprint density at radius 3 is 2.69 bits per heavy atom. The highest BCUT2D eigenvalue weighted by atomic mass is 16.5. The minimum absolute atomic E-state index is 0.194. The van der Waals surface area contributed by atoms with Crippen molar-refractivity contribution >= 4 is 11.7 Å². The number of ketones is 1. The summed E-state index contributed by atoms with van der Waals surface area (Å²) in [5, 5.41) is 12.0. The van der Waals surface area contributed by atoms with Gasteiger partial charge in [0.15, 0.2) is 11.7 Å². The molecule has 2 aromatic carbocycles. The second kappa shape index (κ2) is 7.83. The molecular formula is C21H20N2O3. The predicted octanol–water partition coefficient (Wildman–Crippen LogP) is 2.57. The van der Waals surface area contributed by atoms with Gasteiger partial charge in [-0.05, 0) is 30.5 Å². The second-order valence-electron chi connectivity index (χ2n) is 6.49. The monoisotopic (exact) mass is 348 g/mol. The van der Waals surface area contributed by atoms with Crippen LogP contribution in [-0.2, 0) is 22.6 Å². The molecular weight excluding hydrogens is 328 g/mol. The summed E-state index contributed by atoms with van der Waals surface area (Å²) in [6.07, 6.45) is 0.485. The number of nitriles is 1. The van der Waals surface area contributed by atoms with Crippen molar-refractivity contribution in [2.45, 2.75) is 19.9 Å². The van der Waals surface area contributed by atoms with E-state index in [-0.39, 0.29) is 18.9 Å². The first-order chi connectivity index (χ1) is 12.6. The highest BCUT2D eigenvalue weighted by Crippen LogP contribution is 2.28. The molecule has 1 heterocycles. The SMILES string of the molecule is Cc1ccc(CNC(=O)[C@H](C#N)C(=O)[C@H]2COc3ccccc3C2)cc1. The number of carbonyl (C=O) groups excluding carboxylic acids is 2. The molecule has 2 aromatic rings. The summed E-state index contributed by atoms with van der Waals surface area (Å²) in [4.78, 5) is 25.0. The number of para-hydroxylation sites is 1. The van der Waals surface area contributed by atoms with E-state index in [0.717, 1.165) is 22.4 Å². The molecule has 0 spiro atoms. The minimum atomic E-state index is -1.32. The lowest BCUT2D eigenvalue weighted by Crippen LogP contribution is -2.40. The van der Waals surface area contributed by atoms with Crippen LogP contribution in [0.4, 0.5) is 0 Å². The fourth-order valence-corrected chi connectivity index (χ4v) is 3.00. The summed E-state index contributed by atoms with van der Waals surface area (Å²) in [6, 6.07) is 17.1. The number of aryl methyl sites for hydroxylation is 1. The van der Waals surface area contributed by atoms with Crippen molar-refractivity contribution in [2.24, 2.45) is 11.8 Å². The summed E-state index contributed by atoms with van der Waals surface area (Å²) in [7, 11) is 0. The Morgan fingerprint density at radius 1 is 1.23 bits per heavy atom. The van der Waals surface area contributed by atoms with Gasteiger partial charge in [-0.25, -0.2) is 0 Å². The van der Waals surface area contributed by atoms with Gasteiger partial charge in [0, 0.05) is 6.54 Å². The van der Waals surface area contributed by atoms with Crippen molar-refractivity contribution in [3.8, 4) is 11.8 Å². The van der Waals surface area contributed by atoms with Gasteiger partial charge in [0.25, 0.3) is 0 Å². The molecule has 3 rings (SSSR count). The molecule has 5 heteroatoms. The van der Waals surface area contributed by atoms with E-state index in [4.69, 9.17) is 4.74 Å². The largest absolute Gasteiger partial charge is 0.493 e. The van der Waals surface area contributed by atoms with Crippen LogP contribution in [0.25, 0.3) is 0 Å². The average molecular weight is 348 g/mol. The Labute approximate surface area is 152 Å². The Hall–Kier alpha value is -3.13. The molecule has 1 amide bonds. The molecule has 1 aliphatic rings. The molecule has 0 aliphatic carbocycles. The van der Waals surface area contributed by atoms with Gasteiger partial charge in [-0.2, -0.15) is 5.26 Å². The van der Waals surface area contributed by atoms with E-state index in [1.165, 1.54) is 0 Å². The molecule has 0 saturated heterocycles. The first-order valence-corrected chi connectivity index (χ1v) is 8.56. The highest BCUT2D eigenvalue weighted by molar-refractivity contribution is 6.05. The smallest absolute Gasteiger partial charge is 0.245 e. The minimum Gasteiger partial charge on any atom is -0.493 e. The van der Waals surface area contributed by atoms with Crippen LogP contribution in [0.5, 0.6) is 5.75 Å². The van der Waals surface area contributed by atoms with Crippen molar-refractivity contribution in [1.82, 2.24) is 5.32 Å². The molecule has 0 bridgehead atoms. The van der Waals surface area contributed by atoms with Gasteiger partial charge < -0.3 is 10.1 Å². The van der Waals surface area contributed by atoms with Crippen LogP contribution in [0.2, 0.25) is 0 Å². The maximum absolute atomic E-state index is 12.7. The van der Waals surface area contributed by atoms with Gasteiger partial charge in [-0.15, -0.1) is 0 Å². The molecule has 1 aliphatic heterocycles. The first-order valence-electron chi connectivity index (χ1n) is 8.56. The van der Waals surface area contributed by atoms with Gasteiger partial charge in [-0.3, -0.25) is 9.59 Å². The molecule has 5 nitrogen and oxygen atoms in total. The fourth-order valence-electron chi connectivity index (χ4n) is 3.00. The van der Waals surface area contributed by atoms with Gasteiger partial charge >= 0.3 is 0 Å². The number of fused-ring (bicyclic) bond motifs is 1. The van der Waals surface area contributed by atoms with E-state index in [2.05, 4.69) is 5.32 Å². The molecule has 0 fully saturated rings. The number of hydrogen-bond donors (Lipinski definition) is 1. The quantitative estimate of drug-likeness (QED) is 0.842. The lowest BCUT2D eigenvalue weighted by Gasteiger charge is -2.25. The number of nitrogens with zero attached hydrogens (tertiary/aromatic N) is 1. The third-order valence-electron chi connectivity index (χ3n) is 4.54. The Kier molecular flexibility index (Phi) is 5.33. The van der Waals surface area contributed by atoms with Crippen LogP contribution in [-0.4, -0.2) is 18.3 Å². The molecule has 132 valence electrons. The van der Waals surface area contributed by atoms with E-state index in [1.807, 2.05) is 61.5 Å². The van der Waals surface area contributed by atoms with Crippen LogP contribution in [0.1, 0.15) is 16.7 Å². The second-order valence-corrected chi connectivity index (χ2v) is 6.49. The van der Waals surface area contributed by atoms with Crippen LogP contribution >= 0.6 is 0 Å². The van der Waals surface area contributed by atoms with Crippen LogP contribution in [0, 0.1) is 30.1 Å². The molecule has 0 saturated carbocycles. The van der Waals surface area contributed by atoms with Crippen molar-refractivity contribution in [3.05, 3.63) is 65.2 Å². The zero-order chi connectivity index (χ0) is 18.5. The number of hydrogen-bond acceptors (Lipinski definition) is 4. The third kappa shape index (κ3) is 3.92. The number of carbonyl (C=O) groups is 2. The van der Waals surface area contributed by atoms with Crippen molar-refractivity contribution < 1.29 is 14.3 Å². The Bertz CT molecular complexity index is 852. The lowest BCUT2D eigenvalue weighted by atomic mass is 9.87. The van der Waals surface area contributed by atoms with E-state index in [1.54, 1.807) is 0 Å². The van der Waals surface area contributed by atoms with Crippen molar-refractivity contribution in [1.29, 1.82) is 5.26 Å². The van der Waals surface area contributed by atoms with Crippen LogP contribution in [0.3, 0.4) is 0 Å². The highest BCUT2D eigenvalue weighted by Gasteiger charge is 2.35. The number of ether oxygens (including phenoxy) is 1. The Morgan fingerprint density at radius 2 is 1.96 bits per heavy atom. The third-order valence-corrected chi connectivity index (χ3v) is 4.54. The lowest BCUT2D eigenvalue weighted by molar-refractivity contribution is -0.134.